The van der Waals surface area contributed by atoms with Crippen LogP contribution in [0.2, 0.25) is 0 Å². The SMILES string of the molecule is Cc1conc1NC(=O)N1CCC(n2nnnc2C(F)(F)F)C1. The summed E-state index contributed by atoms with van der Waals surface area (Å²) in [5.41, 5.74) is 0.647. The third-order valence-corrected chi connectivity index (χ3v) is 3.52. The number of tetrazole rings is 1. The topological polar surface area (TPSA) is 102 Å². The van der Waals surface area contributed by atoms with E-state index in [0.29, 0.717) is 16.7 Å². The maximum absolute atomic E-state index is 12.8. The highest BCUT2D eigenvalue weighted by atomic mass is 19.4. The van der Waals surface area contributed by atoms with Gasteiger partial charge in [-0.3, -0.25) is 5.32 Å². The number of carbonyl (C=O) groups excluding carboxylic acids is 1. The molecule has 12 heteroatoms. The zero-order valence-electron chi connectivity index (χ0n) is 11.9. The highest BCUT2D eigenvalue weighted by molar-refractivity contribution is 5.89. The first-order valence-electron chi connectivity index (χ1n) is 6.68. The minimum absolute atomic E-state index is 0.0663. The molecule has 0 aliphatic carbocycles. The molecule has 0 bridgehead atoms. The lowest BCUT2D eigenvalue weighted by molar-refractivity contribution is -0.148. The van der Waals surface area contributed by atoms with Gasteiger partial charge in [0.15, 0.2) is 5.82 Å². The summed E-state index contributed by atoms with van der Waals surface area (Å²) in [5.74, 6) is -0.894. The first kappa shape index (κ1) is 15.2. The monoisotopic (exact) mass is 331 g/mol. The van der Waals surface area contributed by atoms with Gasteiger partial charge >= 0.3 is 12.2 Å². The molecule has 3 rings (SSSR count). The van der Waals surface area contributed by atoms with Crippen molar-refractivity contribution in [1.29, 1.82) is 0 Å². The Bertz CT molecular complexity index is 711. The van der Waals surface area contributed by atoms with Crippen molar-refractivity contribution in [2.45, 2.75) is 25.6 Å². The second-order valence-electron chi connectivity index (χ2n) is 5.11. The molecule has 0 radical (unpaired) electrons. The van der Waals surface area contributed by atoms with Crippen molar-refractivity contribution in [3.63, 3.8) is 0 Å². The molecule has 1 N–H and O–H groups in total. The number of hydrogen-bond donors (Lipinski definition) is 1. The van der Waals surface area contributed by atoms with Crippen molar-refractivity contribution in [2.24, 2.45) is 0 Å². The number of hydrogen-bond acceptors (Lipinski definition) is 6. The van der Waals surface area contributed by atoms with Gasteiger partial charge < -0.3 is 9.42 Å². The van der Waals surface area contributed by atoms with Gasteiger partial charge in [0.05, 0.1) is 6.04 Å². The van der Waals surface area contributed by atoms with Crippen LogP contribution in [0.1, 0.15) is 23.9 Å². The molecular weight excluding hydrogens is 319 g/mol. The number of nitrogens with one attached hydrogen (secondary N) is 1. The molecule has 124 valence electrons. The fraction of sp³-hybridized carbons (Fsp3) is 0.545. The van der Waals surface area contributed by atoms with E-state index in [1.807, 2.05) is 0 Å². The lowest BCUT2D eigenvalue weighted by Gasteiger charge is -2.17. The van der Waals surface area contributed by atoms with Crippen LogP contribution in [0.4, 0.5) is 23.8 Å². The molecule has 2 aromatic heterocycles. The number of rotatable bonds is 2. The average Bonchev–Trinajstić information content (AvgIpc) is 3.17. The number of anilines is 1. The van der Waals surface area contributed by atoms with Crippen LogP contribution >= 0.6 is 0 Å². The number of alkyl halides is 3. The smallest absolute Gasteiger partial charge is 0.362 e. The van der Waals surface area contributed by atoms with Crippen molar-refractivity contribution in [3.05, 3.63) is 17.7 Å². The summed E-state index contributed by atoms with van der Waals surface area (Å²) >= 11 is 0. The normalized spacial score (nSPS) is 18.4. The van der Waals surface area contributed by atoms with Crippen LogP contribution in [-0.4, -0.2) is 49.4 Å². The molecule has 0 spiro atoms. The predicted molar refractivity (Wildman–Crippen MR) is 68.3 cm³/mol. The summed E-state index contributed by atoms with van der Waals surface area (Å²) in [6, 6.07) is -1.10. The third kappa shape index (κ3) is 2.96. The first-order chi connectivity index (χ1) is 10.9. The van der Waals surface area contributed by atoms with Crippen molar-refractivity contribution in [3.8, 4) is 0 Å². The quantitative estimate of drug-likeness (QED) is 0.894. The van der Waals surface area contributed by atoms with E-state index in [2.05, 4.69) is 26.0 Å². The fourth-order valence-corrected chi connectivity index (χ4v) is 2.34. The lowest BCUT2D eigenvalue weighted by Crippen LogP contribution is -2.34. The zero-order chi connectivity index (χ0) is 16.6. The van der Waals surface area contributed by atoms with Gasteiger partial charge in [-0.25, -0.2) is 9.48 Å². The van der Waals surface area contributed by atoms with Gasteiger partial charge in [0.2, 0.25) is 0 Å². The van der Waals surface area contributed by atoms with Crippen LogP contribution in [-0.2, 0) is 6.18 Å². The Morgan fingerprint density at radius 3 is 2.91 bits per heavy atom. The second-order valence-corrected chi connectivity index (χ2v) is 5.11. The molecule has 1 saturated heterocycles. The Labute approximate surface area is 127 Å². The van der Waals surface area contributed by atoms with E-state index in [4.69, 9.17) is 4.52 Å². The lowest BCUT2D eigenvalue weighted by atomic mass is 10.2. The maximum atomic E-state index is 12.8. The number of carbonyl (C=O) groups is 1. The third-order valence-electron chi connectivity index (χ3n) is 3.52. The average molecular weight is 331 g/mol. The van der Waals surface area contributed by atoms with E-state index in [-0.39, 0.29) is 18.9 Å². The van der Waals surface area contributed by atoms with Crippen molar-refractivity contribution in [1.82, 2.24) is 30.3 Å². The number of aromatic nitrogens is 5. The van der Waals surface area contributed by atoms with Gasteiger partial charge in [0.1, 0.15) is 6.26 Å². The van der Waals surface area contributed by atoms with Crippen LogP contribution in [0.15, 0.2) is 10.8 Å². The summed E-state index contributed by atoms with van der Waals surface area (Å²) in [5, 5.41) is 15.6. The van der Waals surface area contributed by atoms with E-state index in [1.54, 1.807) is 6.92 Å². The molecule has 3 heterocycles. The number of halogens is 3. The molecule has 1 aliphatic heterocycles. The molecule has 23 heavy (non-hydrogen) atoms. The molecule has 1 unspecified atom stereocenters. The molecule has 0 saturated carbocycles. The van der Waals surface area contributed by atoms with Gasteiger partial charge in [-0.15, -0.1) is 5.10 Å². The minimum Gasteiger partial charge on any atom is -0.362 e. The van der Waals surface area contributed by atoms with Crippen LogP contribution in [0.5, 0.6) is 0 Å². The summed E-state index contributed by atoms with van der Waals surface area (Å²) < 4.78 is 43.9. The van der Waals surface area contributed by atoms with Gasteiger partial charge in [-0.05, 0) is 23.8 Å². The Morgan fingerprint density at radius 2 is 2.26 bits per heavy atom. The van der Waals surface area contributed by atoms with Crippen LogP contribution in [0, 0.1) is 6.92 Å². The number of urea groups is 1. The fourth-order valence-electron chi connectivity index (χ4n) is 2.34. The number of likely N-dealkylation sites (tertiary alicyclic amines) is 1. The summed E-state index contributed by atoms with van der Waals surface area (Å²) in [4.78, 5) is 13.5. The van der Waals surface area contributed by atoms with Crippen LogP contribution in [0.25, 0.3) is 0 Å². The zero-order valence-corrected chi connectivity index (χ0v) is 11.9. The maximum Gasteiger partial charge on any atom is 0.453 e. The van der Waals surface area contributed by atoms with Gasteiger partial charge in [-0.1, -0.05) is 5.16 Å². The molecule has 9 nitrogen and oxygen atoms in total. The molecular formula is C11H12F3N7O2. The summed E-state index contributed by atoms with van der Waals surface area (Å²) in [7, 11) is 0. The Balaban J connectivity index is 1.68. The van der Waals surface area contributed by atoms with E-state index in [0.717, 1.165) is 0 Å². The number of nitrogens with zero attached hydrogens (tertiary/aromatic N) is 6. The minimum atomic E-state index is -4.64. The van der Waals surface area contributed by atoms with Gasteiger partial charge in [0.25, 0.3) is 5.82 Å². The van der Waals surface area contributed by atoms with Gasteiger partial charge in [-0.2, -0.15) is 13.2 Å². The number of aryl methyl sites for hydroxylation is 1. The molecule has 1 fully saturated rings. The molecule has 2 amide bonds. The highest BCUT2D eigenvalue weighted by Gasteiger charge is 2.41. The highest BCUT2D eigenvalue weighted by Crippen LogP contribution is 2.31. The Hall–Kier alpha value is -2.66. The Morgan fingerprint density at radius 1 is 1.48 bits per heavy atom. The Kier molecular flexibility index (Phi) is 3.66. The first-order valence-corrected chi connectivity index (χ1v) is 6.68. The molecule has 2 aromatic rings. The van der Waals surface area contributed by atoms with Crippen LogP contribution < -0.4 is 5.32 Å². The van der Waals surface area contributed by atoms with Gasteiger partial charge in [0, 0.05) is 18.7 Å². The predicted octanol–water partition coefficient (Wildman–Crippen LogP) is 1.47. The van der Waals surface area contributed by atoms with E-state index in [9.17, 15) is 18.0 Å². The van der Waals surface area contributed by atoms with E-state index < -0.39 is 24.1 Å². The van der Waals surface area contributed by atoms with E-state index >= 15 is 0 Å². The van der Waals surface area contributed by atoms with Crippen molar-refractivity contribution >= 4 is 11.8 Å². The summed E-state index contributed by atoms with van der Waals surface area (Å²) in [6.07, 6.45) is -2.95. The molecule has 1 aliphatic rings. The van der Waals surface area contributed by atoms with E-state index in [1.165, 1.54) is 11.2 Å². The standard InChI is InChI=1S/C11H12F3N7O2/c1-6-5-23-17-8(6)15-10(22)20-3-2-7(4-20)21-9(11(12,13)14)16-18-19-21/h5,7H,2-4H2,1H3,(H,15,17,22). The van der Waals surface area contributed by atoms with Crippen LogP contribution in [0.3, 0.4) is 0 Å². The summed E-state index contributed by atoms with van der Waals surface area (Å²) in [6.45, 7) is 2.05. The molecule has 0 aromatic carbocycles. The van der Waals surface area contributed by atoms with Crippen molar-refractivity contribution in [2.75, 3.05) is 18.4 Å². The number of amides is 2. The second kappa shape index (κ2) is 5.52. The van der Waals surface area contributed by atoms with Crippen molar-refractivity contribution < 1.29 is 22.5 Å². The largest absolute Gasteiger partial charge is 0.453 e. The molecule has 1 atom stereocenters.